The van der Waals surface area contributed by atoms with Gasteiger partial charge in [-0.3, -0.25) is 0 Å². The molecule has 4 nitrogen and oxygen atoms in total. The Hall–Kier alpha value is -0.450. The first-order valence-corrected chi connectivity index (χ1v) is 13.1. The van der Waals surface area contributed by atoms with Gasteiger partial charge in [0.25, 0.3) is 0 Å². The van der Waals surface area contributed by atoms with Crippen LogP contribution in [0.3, 0.4) is 0 Å². The molecule has 0 aromatic carbocycles. The van der Waals surface area contributed by atoms with Gasteiger partial charge in [0.15, 0.2) is 0 Å². The minimum atomic E-state index is -0.308. The number of aliphatic hydroxyl groups is 3. The van der Waals surface area contributed by atoms with Crippen LogP contribution >= 0.6 is 0 Å². The van der Waals surface area contributed by atoms with Crippen LogP contribution in [0.5, 0.6) is 0 Å². The van der Waals surface area contributed by atoms with Crippen LogP contribution in [0, 0.1) is 52.3 Å². The number of hydrogen-bond acceptors (Lipinski definition) is 4. The molecule has 2 unspecified atom stereocenters. The van der Waals surface area contributed by atoms with Crippen LogP contribution < -0.4 is 0 Å². The molecule has 4 heteroatoms. The number of carbonyl (C=O) groups is 1. The smallest absolute Gasteiger partial charge is 0.122 e. The van der Waals surface area contributed by atoms with E-state index in [1.165, 1.54) is 0 Å². The zero-order valence-corrected chi connectivity index (χ0v) is 20.2. The van der Waals surface area contributed by atoms with Crippen molar-refractivity contribution in [3.05, 3.63) is 0 Å². The maximum absolute atomic E-state index is 11.6. The first kappa shape index (κ1) is 23.7. The Labute approximate surface area is 189 Å². The molecule has 178 valence electrons. The summed E-state index contributed by atoms with van der Waals surface area (Å²) in [4.78, 5) is 11.0. The van der Waals surface area contributed by atoms with Crippen LogP contribution in [-0.2, 0) is 4.79 Å². The number of rotatable bonds is 6. The van der Waals surface area contributed by atoms with Gasteiger partial charge in [0.1, 0.15) is 6.29 Å². The lowest BCUT2D eigenvalue weighted by Crippen LogP contribution is -2.62. The van der Waals surface area contributed by atoms with Gasteiger partial charge < -0.3 is 20.1 Å². The van der Waals surface area contributed by atoms with E-state index in [1.807, 2.05) is 6.92 Å². The summed E-state index contributed by atoms with van der Waals surface area (Å²) in [5.41, 5.74) is 0.0231. The fraction of sp³-hybridized carbons (Fsp3) is 0.963. The Kier molecular flexibility index (Phi) is 6.67. The van der Waals surface area contributed by atoms with Crippen molar-refractivity contribution in [3.63, 3.8) is 0 Å². The van der Waals surface area contributed by atoms with E-state index < -0.39 is 0 Å². The van der Waals surface area contributed by atoms with E-state index in [9.17, 15) is 20.1 Å². The summed E-state index contributed by atoms with van der Waals surface area (Å²) in [5.74, 6) is 2.59. The molecular weight excluding hydrogens is 388 g/mol. The molecule has 4 aliphatic carbocycles. The third-order valence-electron chi connectivity index (χ3n) is 11.1. The highest BCUT2D eigenvalue weighted by molar-refractivity contribution is 5.52. The van der Waals surface area contributed by atoms with Gasteiger partial charge in [-0.25, -0.2) is 0 Å². The van der Waals surface area contributed by atoms with E-state index in [2.05, 4.69) is 20.8 Å². The molecule has 0 bridgehead atoms. The highest BCUT2D eigenvalue weighted by atomic mass is 16.3. The van der Waals surface area contributed by atoms with Gasteiger partial charge in [0.2, 0.25) is 0 Å². The Morgan fingerprint density at radius 2 is 1.71 bits per heavy atom. The van der Waals surface area contributed by atoms with Crippen molar-refractivity contribution in [1.82, 2.24) is 0 Å². The summed E-state index contributed by atoms with van der Waals surface area (Å²) in [6, 6.07) is 0. The SMILES string of the molecule is C[C@H](C=O)CCC[C@@H](C)[C@H]1CC[C@H]2[C@@H]3[C@H](O)C[C@@H]4C[C@H](O)CC[C@]4(C)[C@H]3CC(O)C12C. The first-order valence-electron chi connectivity index (χ1n) is 13.1. The van der Waals surface area contributed by atoms with Crippen LogP contribution in [-0.4, -0.2) is 39.9 Å². The molecule has 0 spiro atoms. The molecule has 4 rings (SSSR count). The molecule has 4 saturated carbocycles. The number of fused-ring (bicyclic) bond motifs is 5. The molecule has 0 heterocycles. The van der Waals surface area contributed by atoms with Gasteiger partial charge in [0.05, 0.1) is 18.3 Å². The summed E-state index contributed by atoms with van der Waals surface area (Å²) in [7, 11) is 0. The third kappa shape index (κ3) is 3.83. The average molecular weight is 435 g/mol. The molecule has 0 radical (unpaired) electrons. The minimum absolute atomic E-state index is 0.116. The van der Waals surface area contributed by atoms with Gasteiger partial charge in [0, 0.05) is 5.92 Å². The van der Waals surface area contributed by atoms with E-state index >= 15 is 0 Å². The standard InChI is InChI=1S/C27H46O4/c1-16(15-28)6-5-7-17(2)20-8-9-21-25-22(14-24(31)27(20,21)4)26(3)11-10-19(29)12-18(26)13-23(25)30/h15-25,29-31H,5-14H2,1-4H3/t16-,17+,18-,19+,20+,21-,22-,23+,24?,25-,26-,27?/m0/s1. The second-order valence-corrected chi connectivity index (χ2v) is 12.5. The Morgan fingerprint density at radius 1 is 0.968 bits per heavy atom. The Morgan fingerprint density at radius 3 is 2.42 bits per heavy atom. The van der Waals surface area contributed by atoms with Crippen molar-refractivity contribution >= 4 is 6.29 Å². The third-order valence-corrected chi connectivity index (χ3v) is 11.1. The van der Waals surface area contributed by atoms with Crippen molar-refractivity contribution in [1.29, 1.82) is 0 Å². The van der Waals surface area contributed by atoms with Crippen LogP contribution in [0.25, 0.3) is 0 Å². The van der Waals surface area contributed by atoms with Crippen molar-refractivity contribution in [2.24, 2.45) is 52.3 Å². The highest BCUT2D eigenvalue weighted by Crippen LogP contribution is 2.68. The van der Waals surface area contributed by atoms with Crippen LogP contribution in [0.2, 0.25) is 0 Å². The van der Waals surface area contributed by atoms with Crippen molar-refractivity contribution in [2.75, 3.05) is 0 Å². The molecule has 4 fully saturated rings. The first-order chi connectivity index (χ1) is 14.6. The van der Waals surface area contributed by atoms with E-state index in [1.54, 1.807) is 0 Å². The maximum atomic E-state index is 11.6. The van der Waals surface area contributed by atoms with Crippen molar-refractivity contribution in [3.8, 4) is 0 Å². The van der Waals surface area contributed by atoms with Crippen molar-refractivity contribution < 1.29 is 20.1 Å². The minimum Gasteiger partial charge on any atom is -0.393 e. The predicted molar refractivity (Wildman–Crippen MR) is 122 cm³/mol. The zero-order chi connectivity index (χ0) is 22.6. The largest absolute Gasteiger partial charge is 0.393 e. The summed E-state index contributed by atoms with van der Waals surface area (Å²) in [6.45, 7) is 9.07. The fourth-order valence-corrected chi connectivity index (χ4v) is 9.16. The van der Waals surface area contributed by atoms with Crippen LogP contribution in [0.1, 0.15) is 91.9 Å². The van der Waals surface area contributed by atoms with Gasteiger partial charge in [-0.1, -0.05) is 40.5 Å². The maximum Gasteiger partial charge on any atom is 0.122 e. The summed E-state index contributed by atoms with van der Waals surface area (Å²) >= 11 is 0. The van der Waals surface area contributed by atoms with E-state index in [4.69, 9.17) is 0 Å². The van der Waals surface area contributed by atoms with Gasteiger partial charge in [-0.2, -0.15) is 0 Å². The summed E-state index contributed by atoms with van der Waals surface area (Å²) in [5, 5.41) is 33.2. The normalized spacial score (nSPS) is 51.3. The Balaban J connectivity index is 1.53. The number of aliphatic hydroxyl groups excluding tert-OH is 3. The van der Waals surface area contributed by atoms with Gasteiger partial charge in [-0.05, 0) is 97.7 Å². The molecule has 4 aliphatic rings. The van der Waals surface area contributed by atoms with E-state index in [-0.39, 0.29) is 41.0 Å². The van der Waals surface area contributed by atoms with E-state index in [0.29, 0.717) is 29.6 Å². The van der Waals surface area contributed by atoms with E-state index in [0.717, 1.165) is 70.5 Å². The lowest BCUT2D eigenvalue weighted by molar-refractivity contribution is -0.207. The second-order valence-electron chi connectivity index (χ2n) is 12.5. The molecule has 0 aromatic rings. The molecule has 12 atom stereocenters. The molecule has 0 aromatic heterocycles. The fourth-order valence-electron chi connectivity index (χ4n) is 9.16. The second kappa shape index (κ2) is 8.72. The van der Waals surface area contributed by atoms with Gasteiger partial charge in [-0.15, -0.1) is 0 Å². The Bertz CT molecular complexity index is 651. The van der Waals surface area contributed by atoms with Crippen LogP contribution in [0.4, 0.5) is 0 Å². The topological polar surface area (TPSA) is 77.8 Å². The molecule has 0 amide bonds. The number of aldehydes is 1. The zero-order valence-electron chi connectivity index (χ0n) is 20.2. The molecule has 3 N–H and O–H groups in total. The molecular formula is C27H46O4. The number of carbonyl (C=O) groups excluding carboxylic acids is 1. The number of hydrogen-bond donors (Lipinski definition) is 3. The average Bonchev–Trinajstić information content (AvgIpc) is 3.08. The lowest BCUT2D eigenvalue weighted by Gasteiger charge is -2.63. The van der Waals surface area contributed by atoms with Gasteiger partial charge >= 0.3 is 0 Å². The molecule has 0 aliphatic heterocycles. The highest BCUT2D eigenvalue weighted by Gasteiger charge is 2.65. The summed E-state index contributed by atoms with van der Waals surface area (Å²) < 4.78 is 0. The van der Waals surface area contributed by atoms with Crippen LogP contribution in [0.15, 0.2) is 0 Å². The quantitative estimate of drug-likeness (QED) is 0.534. The predicted octanol–water partition coefficient (Wildman–Crippen LogP) is 4.59. The molecule has 31 heavy (non-hydrogen) atoms. The molecule has 0 saturated heterocycles. The lowest BCUT2D eigenvalue weighted by atomic mass is 9.43. The monoisotopic (exact) mass is 434 g/mol. The van der Waals surface area contributed by atoms with Crippen molar-refractivity contribution in [2.45, 2.75) is 110 Å². The summed E-state index contributed by atoms with van der Waals surface area (Å²) in [6.07, 6.45) is 9.98.